The van der Waals surface area contributed by atoms with E-state index >= 15 is 0 Å². The molecule has 1 fully saturated rings. The maximum atomic E-state index is 5.67. The molecule has 7 heteroatoms. The van der Waals surface area contributed by atoms with Crippen molar-refractivity contribution >= 4 is 11.5 Å². The molecule has 0 unspecified atom stereocenters. The lowest BCUT2D eigenvalue weighted by atomic mass is 9.87. The molecule has 3 heterocycles. The van der Waals surface area contributed by atoms with Gasteiger partial charge in [0.1, 0.15) is 5.82 Å². The molecule has 0 amide bonds. The molecule has 1 aliphatic heterocycles. The molecule has 164 valence electrons. The van der Waals surface area contributed by atoms with E-state index in [4.69, 9.17) is 10.3 Å². The SMILES string of the molecule is C/C=C(/N)N1CCCC1.CC(C)(C)c1cccc(Nc2ccc(-c3ncon3)cn2)c1. The van der Waals surface area contributed by atoms with Gasteiger partial charge in [0.05, 0.1) is 5.82 Å². The Morgan fingerprint density at radius 1 is 1.13 bits per heavy atom. The van der Waals surface area contributed by atoms with Crippen molar-refractivity contribution < 1.29 is 4.52 Å². The van der Waals surface area contributed by atoms with Crippen LogP contribution in [-0.2, 0) is 5.41 Å². The van der Waals surface area contributed by atoms with Gasteiger partial charge in [-0.3, -0.25) is 0 Å². The maximum Gasteiger partial charge on any atom is 0.214 e. The number of aromatic nitrogens is 3. The van der Waals surface area contributed by atoms with E-state index in [9.17, 15) is 0 Å². The van der Waals surface area contributed by atoms with Crippen LogP contribution in [0.5, 0.6) is 0 Å². The summed E-state index contributed by atoms with van der Waals surface area (Å²) >= 11 is 0. The van der Waals surface area contributed by atoms with Crippen LogP contribution in [0.1, 0.15) is 46.1 Å². The van der Waals surface area contributed by atoms with Gasteiger partial charge in [0, 0.05) is 30.5 Å². The Labute approximate surface area is 184 Å². The summed E-state index contributed by atoms with van der Waals surface area (Å²) in [6, 6.07) is 12.2. The first-order valence-corrected chi connectivity index (χ1v) is 10.6. The average Bonchev–Trinajstić information content (AvgIpc) is 3.48. The standard InChI is InChI=1S/C17H18N4O.C7H14N2/c1-17(2,3)13-5-4-6-14(9-13)20-15-8-7-12(10-18-15)16-19-11-22-21-16;1-2-7(8)9-5-3-4-6-9/h4-11H,1-3H3,(H,18,20);2H,3-6,8H2,1H3/b;7-2-. The Morgan fingerprint density at radius 3 is 2.48 bits per heavy atom. The number of benzene rings is 1. The van der Waals surface area contributed by atoms with Crippen LogP contribution < -0.4 is 11.1 Å². The lowest BCUT2D eigenvalue weighted by Gasteiger charge is -2.20. The number of pyridine rings is 1. The summed E-state index contributed by atoms with van der Waals surface area (Å²) in [6.45, 7) is 10.9. The fraction of sp³-hybridized carbons (Fsp3) is 0.375. The number of likely N-dealkylation sites (tertiary alicyclic amines) is 1. The van der Waals surface area contributed by atoms with E-state index < -0.39 is 0 Å². The number of nitrogens with one attached hydrogen (secondary N) is 1. The predicted molar refractivity (Wildman–Crippen MR) is 125 cm³/mol. The van der Waals surface area contributed by atoms with Gasteiger partial charge in [-0.2, -0.15) is 4.98 Å². The first kappa shape index (κ1) is 22.3. The lowest BCUT2D eigenvalue weighted by molar-refractivity contribution is 0.418. The van der Waals surface area contributed by atoms with Crippen LogP contribution in [0.3, 0.4) is 0 Å². The van der Waals surface area contributed by atoms with Crippen molar-refractivity contribution in [1.82, 2.24) is 20.0 Å². The monoisotopic (exact) mass is 420 g/mol. The van der Waals surface area contributed by atoms with E-state index in [0.29, 0.717) is 5.82 Å². The third kappa shape index (κ3) is 6.31. The zero-order chi connectivity index (χ0) is 22.3. The second kappa shape index (κ2) is 10.1. The number of nitrogens with zero attached hydrogens (tertiary/aromatic N) is 4. The lowest BCUT2D eigenvalue weighted by Crippen LogP contribution is -2.23. The molecule has 0 atom stereocenters. The van der Waals surface area contributed by atoms with E-state index in [-0.39, 0.29) is 5.41 Å². The van der Waals surface area contributed by atoms with Gasteiger partial charge in [-0.15, -0.1) is 0 Å². The quantitative estimate of drug-likeness (QED) is 0.608. The molecule has 0 bridgehead atoms. The number of anilines is 2. The molecule has 2 aromatic heterocycles. The second-order valence-corrected chi connectivity index (χ2v) is 8.55. The predicted octanol–water partition coefficient (Wildman–Crippen LogP) is 5.07. The third-order valence-corrected chi connectivity index (χ3v) is 5.15. The highest BCUT2D eigenvalue weighted by Gasteiger charge is 2.14. The van der Waals surface area contributed by atoms with E-state index in [1.165, 1.54) is 24.8 Å². The number of rotatable bonds is 4. The largest absolute Gasteiger partial charge is 0.386 e. The van der Waals surface area contributed by atoms with Crippen LogP contribution in [0.2, 0.25) is 0 Å². The van der Waals surface area contributed by atoms with Crippen LogP contribution in [0.25, 0.3) is 11.4 Å². The number of hydrogen-bond acceptors (Lipinski definition) is 7. The topological polar surface area (TPSA) is 93.1 Å². The minimum Gasteiger partial charge on any atom is -0.386 e. The van der Waals surface area contributed by atoms with Gasteiger partial charge < -0.3 is 20.5 Å². The normalized spacial score (nSPS) is 14.2. The summed E-state index contributed by atoms with van der Waals surface area (Å²) in [7, 11) is 0. The number of hydrogen-bond donors (Lipinski definition) is 2. The first-order chi connectivity index (χ1) is 14.9. The highest BCUT2D eigenvalue weighted by Crippen LogP contribution is 2.26. The smallest absolute Gasteiger partial charge is 0.214 e. The fourth-order valence-corrected chi connectivity index (χ4v) is 3.27. The van der Waals surface area contributed by atoms with E-state index in [0.717, 1.165) is 36.0 Å². The van der Waals surface area contributed by atoms with Crippen LogP contribution >= 0.6 is 0 Å². The summed E-state index contributed by atoms with van der Waals surface area (Å²) in [6.07, 6.45) is 7.59. The van der Waals surface area contributed by atoms with Gasteiger partial charge in [0.25, 0.3) is 0 Å². The molecular formula is C24H32N6O. The molecule has 3 aromatic rings. The zero-order valence-corrected chi connectivity index (χ0v) is 18.8. The highest BCUT2D eigenvalue weighted by atomic mass is 16.5. The van der Waals surface area contributed by atoms with Gasteiger partial charge in [-0.25, -0.2) is 4.98 Å². The summed E-state index contributed by atoms with van der Waals surface area (Å²) in [5.74, 6) is 2.25. The van der Waals surface area contributed by atoms with Crippen molar-refractivity contribution in [2.45, 2.75) is 46.0 Å². The molecule has 7 nitrogen and oxygen atoms in total. The van der Waals surface area contributed by atoms with Gasteiger partial charge in [-0.05, 0) is 61.1 Å². The number of nitrogens with two attached hydrogens (primary N) is 1. The molecule has 31 heavy (non-hydrogen) atoms. The molecule has 4 rings (SSSR count). The maximum absolute atomic E-state index is 5.67. The molecule has 1 saturated heterocycles. The Morgan fingerprint density at radius 2 is 1.90 bits per heavy atom. The Kier molecular flexibility index (Phi) is 7.28. The van der Waals surface area contributed by atoms with Gasteiger partial charge in [-0.1, -0.05) is 38.1 Å². The molecule has 1 aromatic carbocycles. The summed E-state index contributed by atoms with van der Waals surface area (Å²) in [5.41, 5.74) is 8.91. The van der Waals surface area contributed by atoms with Crippen LogP contribution in [0, 0.1) is 0 Å². The van der Waals surface area contributed by atoms with Crippen LogP contribution in [0.15, 0.2) is 65.4 Å². The molecule has 0 saturated carbocycles. The molecule has 0 radical (unpaired) electrons. The highest BCUT2D eigenvalue weighted by molar-refractivity contribution is 5.61. The summed E-state index contributed by atoms with van der Waals surface area (Å²) in [4.78, 5) is 10.6. The molecule has 1 aliphatic rings. The molecule has 3 N–H and O–H groups in total. The molecule has 0 aliphatic carbocycles. The molecule has 0 spiro atoms. The van der Waals surface area contributed by atoms with Crippen molar-refractivity contribution in [3.63, 3.8) is 0 Å². The first-order valence-electron chi connectivity index (χ1n) is 10.6. The third-order valence-electron chi connectivity index (χ3n) is 5.15. The summed E-state index contributed by atoms with van der Waals surface area (Å²) < 4.78 is 4.74. The average molecular weight is 421 g/mol. The van der Waals surface area contributed by atoms with E-state index in [2.05, 4.69) is 64.3 Å². The Balaban J connectivity index is 0.000000254. The van der Waals surface area contributed by atoms with Crippen molar-refractivity contribution in [2.75, 3.05) is 18.4 Å². The zero-order valence-electron chi connectivity index (χ0n) is 18.8. The second-order valence-electron chi connectivity index (χ2n) is 8.55. The Bertz CT molecular complexity index is 968. The number of allylic oxidation sites excluding steroid dienone is 1. The van der Waals surface area contributed by atoms with Gasteiger partial charge in [0.2, 0.25) is 12.2 Å². The minimum absolute atomic E-state index is 0.119. The van der Waals surface area contributed by atoms with E-state index in [1.54, 1.807) is 6.20 Å². The van der Waals surface area contributed by atoms with Crippen LogP contribution in [0.4, 0.5) is 11.5 Å². The molecular weight excluding hydrogens is 388 g/mol. The van der Waals surface area contributed by atoms with Crippen molar-refractivity contribution in [2.24, 2.45) is 5.73 Å². The Hall–Kier alpha value is -3.35. The minimum atomic E-state index is 0.119. The van der Waals surface area contributed by atoms with Crippen LogP contribution in [-0.4, -0.2) is 33.1 Å². The van der Waals surface area contributed by atoms with Gasteiger partial charge in [0.15, 0.2) is 0 Å². The van der Waals surface area contributed by atoms with Crippen molar-refractivity contribution in [1.29, 1.82) is 0 Å². The van der Waals surface area contributed by atoms with Crippen molar-refractivity contribution in [3.05, 3.63) is 66.4 Å². The summed E-state index contributed by atoms with van der Waals surface area (Å²) in [5, 5.41) is 7.11. The van der Waals surface area contributed by atoms with E-state index in [1.807, 2.05) is 31.2 Å². The van der Waals surface area contributed by atoms with Crippen molar-refractivity contribution in [3.8, 4) is 11.4 Å². The van der Waals surface area contributed by atoms with Gasteiger partial charge >= 0.3 is 0 Å². The fourth-order valence-electron chi connectivity index (χ4n) is 3.27.